The average Bonchev–Trinajstić information content (AvgIpc) is 2.56. The molecule has 1 atom stereocenters. The predicted octanol–water partition coefficient (Wildman–Crippen LogP) is 3.74. The Morgan fingerprint density at radius 1 is 1.23 bits per heavy atom. The van der Waals surface area contributed by atoms with Gasteiger partial charge in [0.25, 0.3) is 0 Å². The highest BCUT2D eigenvalue weighted by Crippen LogP contribution is 2.19. The minimum atomic E-state index is -4.47. The Morgan fingerprint density at radius 2 is 1.96 bits per heavy atom. The van der Waals surface area contributed by atoms with Crippen molar-refractivity contribution >= 4 is 17.3 Å². The van der Waals surface area contributed by atoms with Crippen LogP contribution in [0, 0.1) is 11.6 Å². The van der Waals surface area contributed by atoms with Crippen molar-refractivity contribution in [1.82, 2.24) is 4.98 Å². The van der Waals surface area contributed by atoms with E-state index in [2.05, 4.69) is 20.4 Å². The van der Waals surface area contributed by atoms with Gasteiger partial charge in [0.1, 0.15) is 17.7 Å². The van der Waals surface area contributed by atoms with E-state index in [0.717, 1.165) is 18.2 Å². The van der Waals surface area contributed by atoms with Gasteiger partial charge in [-0.25, -0.2) is 13.8 Å². The van der Waals surface area contributed by atoms with Gasteiger partial charge < -0.3 is 15.4 Å². The van der Waals surface area contributed by atoms with Crippen LogP contribution in [0.4, 0.5) is 33.3 Å². The van der Waals surface area contributed by atoms with Gasteiger partial charge >= 0.3 is 6.18 Å². The molecule has 0 saturated carbocycles. The zero-order valence-electron chi connectivity index (χ0n) is 13.4. The summed E-state index contributed by atoms with van der Waals surface area (Å²) in [4.78, 5) is 15.7. The van der Waals surface area contributed by atoms with E-state index in [0.29, 0.717) is 5.69 Å². The molecule has 1 aromatic carbocycles. The van der Waals surface area contributed by atoms with Crippen LogP contribution >= 0.6 is 0 Å². The molecule has 1 aromatic heterocycles. The Balaban J connectivity index is 1.93. The van der Waals surface area contributed by atoms with Gasteiger partial charge in [-0.05, 0) is 25.1 Å². The Kier molecular flexibility index (Phi) is 5.96. The monoisotopic (exact) mass is 375 g/mol. The van der Waals surface area contributed by atoms with Crippen molar-refractivity contribution in [3.8, 4) is 5.88 Å². The summed E-state index contributed by atoms with van der Waals surface area (Å²) in [5.74, 6) is -2.38. The highest BCUT2D eigenvalue weighted by atomic mass is 19.4. The van der Waals surface area contributed by atoms with Gasteiger partial charge in [-0.1, -0.05) is 0 Å². The minimum absolute atomic E-state index is 0.230. The third kappa shape index (κ3) is 5.87. The standard InChI is InChI=1S/C16H14F5N3O2/c1-9(15(25)24-13-6-10(17)2-4-12(13)18)23-11-3-5-14(22-7-11)26-8-16(19,20)21/h2-7,9,23H,8H2,1H3,(H,24,25). The normalized spacial score (nSPS) is 12.4. The molecule has 10 heteroatoms. The van der Waals surface area contributed by atoms with Crippen LogP contribution in [0.15, 0.2) is 36.5 Å². The highest BCUT2D eigenvalue weighted by molar-refractivity contribution is 5.96. The number of nitrogens with zero attached hydrogens (tertiary/aromatic N) is 1. The van der Waals surface area contributed by atoms with Gasteiger partial charge in [-0.15, -0.1) is 0 Å². The van der Waals surface area contributed by atoms with E-state index in [1.54, 1.807) is 0 Å². The Morgan fingerprint density at radius 3 is 2.58 bits per heavy atom. The second-order valence-electron chi connectivity index (χ2n) is 5.27. The molecule has 1 amide bonds. The van der Waals surface area contributed by atoms with Crippen LogP contribution in [0.3, 0.4) is 0 Å². The maximum atomic E-state index is 13.5. The van der Waals surface area contributed by atoms with E-state index in [-0.39, 0.29) is 11.6 Å². The molecule has 2 rings (SSSR count). The van der Waals surface area contributed by atoms with E-state index < -0.39 is 36.4 Å². The fraction of sp³-hybridized carbons (Fsp3) is 0.250. The van der Waals surface area contributed by atoms with Crippen molar-refractivity contribution in [2.75, 3.05) is 17.2 Å². The fourth-order valence-electron chi connectivity index (χ4n) is 1.86. The highest BCUT2D eigenvalue weighted by Gasteiger charge is 2.28. The SMILES string of the molecule is CC(Nc1ccc(OCC(F)(F)F)nc1)C(=O)Nc1cc(F)ccc1F. The van der Waals surface area contributed by atoms with E-state index in [4.69, 9.17) is 0 Å². The summed E-state index contributed by atoms with van der Waals surface area (Å²) in [6.07, 6.45) is -3.30. The molecule has 0 aliphatic carbocycles. The molecule has 0 aliphatic heterocycles. The lowest BCUT2D eigenvalue weighted by atomic mass is 10.2. The van der Waals surface area contributed by atoms with Gasteiger partial charge in [0.05, 0.1) is 17.6 Å². The van der Waals surface area contributed by atoms with Crippen molar-refractivity contribution in [3.05, 3.63) is 48.2 Å². The number of alkyl halides is 3. The van der Waals surface area contributed by atoms with E-state index >= 15 is 0 Å². The minimum Gasteiger partial charge on any atom is -0.468 e. The van der Waals surface area contributed by atoms with Gasteiger partial charge in [-0.2, -0.15) is 13.2 Å². The molecule has 1 unspecified atom stereocenters. The third-order valence-electron chi connectivity index (χ3n) is 3.08. The summed E-state index contributed by atoms with van der Waals surface area (Å²) < 4.78 is 67.2. The molecule has 2 aromatic rings. The number of carbonyl (C=O) groups excluding carboxylic acids is 1. The molecule has 0 spiro atoms. The molecule has 0 radical (unpaired) electrons. The number of rotatable bonds is 6. The quantitative estimate of drug-likeness (QED) is 0.755. The Labute approximate surface area is 145 Å². The zero-order chi connectivity index (χ0) is 19.3. The first-order chi connectivity index (χ1) is 12.1. The summed E-state index contributed by atoms with van der Waals surface area (Å²) >= 11 is 0. The Hall–Kier alpha value is -2.91. The number of benzene rings is 1. The summed E-state index contributed by atoms with van der Waals surface area (Å²) in [6.45, 7) is -0.00855. The molecule has 0 saturated heterocycles. The van der Waals surface area contributed by atoms with Crippen LogP contribution in [-0.4, -0.2) is 29.7 Å². The first-order valence-corrected chi connectivity index (χ1v) is 7.32. The molecular weight excluding hydrogens is 361 g/mol. The van der Waals surface area contributed by atoms with Crippen LogP contribution in [0.1, 0.15) is 6.92 Å². The largest absolute Gasteiger partial charge is 0.468 e. The maximum absolute atomic E-state index is 13.5. The topological polar surface area (TPSA) is 63.2 Å². The second kappa shape index (κ2) is 7.98. The van der Waals surface area contributed by atoms with E-state index in [9.17, 15) is 26.7 Å². The number of hydrogen-bond donors (Lipinski definition) is 2. The molecule has 26 heavy (non-hydrogen) atoms. The Bertz CT molecular complexity index is 765. The van der Waals surface area contributed by atoms with Crippen molar-refractivity contribution in [3.63, 3.8) is 0 Å². The van der Waals surface area contributed by atoms with Gasteiger partial charge in [0.15, 0.2) is 6.61 Å². The van der Waals surface area contributed by atoms with Gasteiger partial charge in [0.2, 0.25) is 11.8 Å². The van der Waals surface area contributed by atoms with E-state index in [1.807, 2.05) is 0 Å². The lowest BCUT2D eigenvalue weighted by Crippen LogP contribution is -2.32. The number of amides is 1. The fourth-order valence-corrected chi connectivity index (χ4v) is 1.86. The van der Waals surface area contributed by atoms with Gasteiger partial charge in [0, 0.05) is 12.1 Å². The summed E-state index contributed by atoms with van der Waals surface area (Å²) in [5.41, 5.74) is 0.0180. The average molecular weight is 375 g/mol. The molecule has 1 heterocycles. The lowest BCUT2D eigenvalue weighted by Gasteiger charge is -2.16. The summed E-state index contributed by atoms with van der Waals surface area (Å²) in [5, 5.41) is 4.96. The molecule has 5 nitrogen and oxygen atoms in total. The van der Waals surface area contributed by atoms with Crippen LogP contribution in [0.25, 0.3) is 0 Å². The predicted molar refractivity (Wildman–Crippen MR) is 83.9 cm³/mol. The molecule has 140 valence electrons. The molecular formula is C16H14F5N3O2. The van der Waals surface area contributed by atoms with Crippen LogP contribution in [0.2, 0.25) is 0 Å². The number of anilines is 2. The van der Waals surface area contributed by atoms with Gasteiger partial charge in [-0.3, -0.25) is 4.79 Å². The molecule has 0 bridgehead atoms. The van der Waals surface area contributed by atoms with Crippen molar-refractivity contribution in [2.24, 2.45) is 0 Å². The zero-order valence-corrected chi connectivity index (χ0v) is 13.4. The van der Waals surface area contributed by atoms with Crippen molar-refractivity contribution in [2.45, 2.75) is 19.1 Å². The number of carbonyl (C=O) groups is 1. The first-order valence-electron chi connectivity index (χ1n) is 7.32. The number of pyridine rings is 1. The van der Waals surface area contributed by atoms with Crippen LogP contribution in [-0.2, 0) is 4.79 Å². The summed E-state index contributed by atoms with van der Waals surface area (Å²) in [7, 11) is 0. The van der Waals surface area contributed by atoms with Crippen molar-refractivity contribution in [1.29, 1.82) is 0 Å². The van der Waals surface area contributed by atoms with Crippen LogP contribution in [0.5, 0.6) is 5.88 Å². The van der Waals surface area contributed by atoms with Crippen LogP contribution < -0.4 is 15.4 Å². The number of nitrogens with one attached hydrogen (secondary N) is 2. The molecule has 0 fully saturated rings. The third-order valence-corrected chi connectivity index (χ3v) is 3.08. The smallest absolute Gasteiger partial charge is 0.422 e. The number of halogens is 5. The summed E-state index contributed by atoms with van der Waals surface area (Å²) in [6, 6.07) is 4.35. The lowest BCUT2D eigenvalue weighted by molar-refractivity contribution is -0.154. The number of hydrogen-bond acceptors (Lipinski definition) is 4. The number of aromatic nitrogens is 1. The second-order valence-corrected chi connectivity index (χ2v) is 5.27. The molecule has 0 aliphatic rings. The number of ether oxygens (including phenoxy) is 1. The van der Waals surface area contributed by atoms with Crippen molar-refractivity contribution < 1.29 is 31.5 Å². The first kappa shape index (κ1) is 19.4. The van der Waals surface area contributed by atoms with E-state index in [1.165, 1.54) is 25.3 Å². The molecule has 2 N–H and O–H groups in total. The maximum Gasteiger partial charge on any atom is 0.422 e.